The maximum atomic E-state index is 12.7. The molecule has 8 heteroatoms. The second kappa shape index (κ2) is 10.3. The average molecular weight is 355 g/mol. The molecule has 0 aliphatic carbocycles. The minimum Gasteiger partial charge on any atom is -0.482 e. The molecule has 0 heterocycles. The lowest BCUT2D eigenvalue weighted by atomic mass is 10.0. The summed E-state index contributed by atoms with van der Waals surface area (Å²) in [7, 11) is 1.23. The molecule has 1 aromatic rings. The Hall–Kier alpha value is -2.64. The Morgan fingerprint density at radius 1 is 1.12 bits per heavy atom. The topological polar surface area (TPSA) is 90.9 Å². The van der Waals surface area contributed by atoms with Crippen molar-refractivity contribution in [2.45, 2.75) is 26.3 Å². The third-order valence-electron chi connectivity index (χ3n) is 3.06. The zero-order valence-corrected chi connectivity index (χ0v) is 14.4. The summed E-state index contributed by atoms with van der Waals surface area (Å²) in [6, 6.07) is 4.31. The third kappa shape index (κ3) is 8.14. The first kappa shape index (κ1) is 20.4. The van der Waals surface area contributed by atoms with Crippen LogP contribution in [-0.4, -0.2) is 44.2 Å². The summed E-state index contributed by atoms with van der Waals surface area (Å²) in [6.07, 6.45) is 0.403. The van der Waals surface area contributed by atoms with Crippen LogP contribution in [0.1, 0.15) is 20.3 Å². The number of hydrogen-bond donors (Lipinski definition) is 1. The van der Waals surface area contributed by atoms with Gasteiger partial charge in [0, 0.05) is 0 Å². The molecule has 25 heavy (non-hydrogen) atoms. The lowest BCUT2D eigenvalue weighted by Gasteiger charge is -2.18. The minimum absolute atomic E-state index is 0.163. The van der Waals surface area contributed by atoms with Crippen molar-refractivity contribution in [3.63, 3.8) is 0 Å². The quantitative estimate of drug-likeness (QED) is 0.674. The molecule has 1 amide bonds. The Morgan fingerprint density at radius 3 is 2.32 bits per heavy atom. The van der Waals surface area contributed by atoms with Crippen LogP contribution in [0.2, 0.25) is 0 Å². The van der Waals surface area contributed by atoms with E-state index in [1.165, 1.54) is 31.4 Å². The van der Waals surface area contributed by atoms with Crippen LogP contribution in [0.5, 0.6) is 5.75 Å². The van der Waals surface area contributed by atoms with Crippen LogP contribution in [0.15, 0.2) is 24.3 Å². The highest BCUT2D eigenvalue weighted by Gasteiger charge is 2.23. The van der Waals surface area contributed by atoms with Gasteiger partial charge in [0.2, 0.25) is 0 Å². The van der Waals surface area contributed by atoms with Crippen molar-refractivity contribution in [1.29, 1.82) is 0 Å². The zero-order valence-electron chi connectivity index (χ0n) is 14.4. The number of carbonyl (C=O) groups is 3. The normalized spacial score (nSPS) is 11.6. The predicted molar refractivity (Wildman–Crippen MR) is 86.3 cm³/mol. The van der Waals surface area contributed by atoms with Crippen LogP contribution < -0.4 is 10.1 Å². The van der Waals surface area contributed by atoms with E-state index in [4.69, 9.17) is 9.47 Å². The van der Waals surface area contributed by atoms with E-state index in [-0.39, 0.29) is 5.92 Å². The van der Waals surface area contributed by atoms with E-state index in [1.807, 2.05) is 13.8 Å². The Morgan fingerprint density at radius 2 is 1.76 bits per heavy atom. The van der Waals surface area contributed by atoms with Gasteiger partial charge in [-0.05, 0) is 36.6 Å². The van der Waals surface area contributed by atoms with Gasteiger partial charge in [-0.2, -0.15) is 0 Å². The van der Waals surface area contributed by atoms with Crippen molar-refractivity contribution in [2.75, 3.05) is 20.3 Å². The van der Waals surface area contributed by atoms with Crippen LogP contribution in [0.3, 0.4) is 0 Å². The zero-order chi connectivity index (χ0) is 18.8. The van der Waals surface area contributed by atoms with Gasteiger partial charge >= 0.3 is 11.9 Å². The van der Waals surface area contributed by atoms with Gasteiger partial charge in [-0.1, -0.05) is 13.8 Å². The number of esters is 2. The molecule has 0 radical (unpaired) electrons. The Labute approximate surface area is 145 Å². The van der Waals surface area contributed by atoms with Gasteiger partial charge in [-0.25, -0.2) is 14.0 Å². The molecule has 0 aliphatic heterocycles. The lowest BCUT2D eigenvalue weighted by molar-refractivity contribution is -0.151. The molecule has 7 nitrogen and oxygen atoms in total. The molecule has 1 aromatic carbocycles. The van der Waals surface area contributed by atoms with Gasteiger partial charge in [-0.15, -0.1) is 0 Å². The molecule has 0 spiro atoms. The Bertz CT molecular complexity index is 587. The number of rotatable bonds is 9. The number of nitrogens with one attached hydrogen (secondary N) is 1. The molecule has 138 valence electrons. The molecule has 0 fully saturated rings. The van der Waals surface area contributed by atoms with Gasteiger partial charge in [0.25, 0.3) is 5.91 Å². The Balaban J connectivity index is 2.37. The van der Waals surface area contributed by atoms with Crippen molar-refractivity contribution >= 4 is 17.8 Å². The average Bonchev–Trinajstić information content (AvgIpc) is 2.57. The highest BCUT2D eigenvalue weighted by atomic mass is 19.1. The highest BCUT2D eigenvalue weighted by molar-refractivity contribution is 5.86. The fraction of sp³-hybridized carbons (Fsp3) is 0.471. The van der Waals surface area contributed by atoms with Crippen LogP contribution in [0, 0.1) is 11.7 Å². The summed E-state index contributed by atoms with van der Waals surface area (Å²) >= 11 is 0. The van der Waals surface area contributed by atoms with Crippen LogP contribution in [-0.2, 0) is 23.9 Å². The fourth-order valence-corrected chi connectivity index (χ4v) is 1.92. The summed E-state index contributed by atoms with van der Waals surface area (Å²) in [5.41, 5.74) is 0. The first-order valence-corrected chi connectivity index (χ1v) is 7.73. The summed E-state index contributed by atoms with van der Waals surface area (Å²) in [5, 5.41) is 2.46. The predicted octanol–water partition coefficient (Wildman–Crippen LogP) is 1.45. The molecular formula is C17H22FNO6. The second-order valence-corrected chi connectivity index (χ2v) is 5.68. The maximum absolute atomic E-state index is 12.7. The number of ether oxygens (including phenoxy) is 3. The molecule has 1 rings (SSSR count). The van der Waals surface area contributed by atoms with Crippen molar-refractivity contribution in [1.82, 2.24) is 5.32 Å². The van der Waals surface area contributed by atoms with E-state index >= 15 is 0 Å². The molecule has 0 saturated carbocycles. The molecule has 1 atom stereocenters. The molecular weight excluding hydrogens is 333 g/mol. The van der Waals surface area contributed by atoms with Gasteiger partial charge in [0.15, 0.2) is 13.2 Å². The molecule has 0 aromatic heterocycles. The fourth-order valence-electron chi connectivity index (χ4n) is 1.92. The minimum atomic E-state index is -0.799. The molecule has 0 bridgehead atoms. The van der Waals surface area contributed by atoms with E-state index in [2.05, 4.69) is 10.1 Å². The standard InChI is InChI=1S/C17H22FNO6/c1-11(2)8-14(17(22)23-3)19-15(20)9-25-16(21)10-24-13-6-4-12(18)5-7-13/h4-7,11,14H,8-10H2,1-3H3,(H,19,20)/t14-/m0/s1. The molecule has 0 aliphatic rings. The van der Waals surface area contributed by atoms with E-state index in [0.29, 0.717) is 12.2 Å². The lowest BCUT2D eigenvalue weighted by Crippen LogP contribution is -2.44. The summed E-state index contributed by atoms with van der Waals surface area (Å²) < 4.78 is 27.2. The van der Waals surface area contributed by atoms with Crippen molar-refractivity contribution in [2.24, 2.45) is 5.92 Å². The summed E-state index contributed by atoms with van der Waals surface area (Å²) in [6.45, 7) is 2.83. The van der Waals surface area contributed by atoms with Crippen molar-refractivity contribution < 1.29 is 33.0 Å². The van der Waals surface area contributed by atoms with Crippen LogP contribution in [0.25, 0.3) is 0 Å². The van der Waals surface area contributed by atoms with Gasteiger partial charge < -0.3 is 19.5 Å². The number of amides is 1. The van der Waals surface area contributed by atoms with Crippen LogP contribution in [0.4, 0.5) is 4.39 Å². The van der Waals surface area contributed by atoms with E-state index in [1.54, 1.807) is 0 Å². The largest absolute Gasteiger partial charge is 0.482 e. The maximum Gasteiger partial charge on any atom is 0.344 e. The van der Waals surface area contributed by atoms with Crippen molar-refractivity contribution in [3.05, 3.63) is 30.1 Å². The van der Waals surface area contributed by atoms with Gasteiger partial charge in [-0.3, -0.25) is 4.79 Å². The summed E-state index contributed by atoms with van der Waals surface area (Å²) in [4.78, 5) is 35.0. The summed E-state index contributed by atoms with van der Waals surface area (Å²) in [5.74, 6) is -1.91. The monoisotopic (exact) mass is 355 g/mol. The number of hydrogen-bond acceptors (Lipinski definition) is 6. The van der Waals surface area contributed by atoms with Crippen LogP contribution >= 0.6 is 0 Å². The van der Waals surface area contributed by atoms with E-state index < -0.39 is 42.9 Å². The molecule has 0 saturated heterocycles. The van der Waals surface area contributed by atoms with Gasteiger partial charge in [0.05, 0.1) is 7.11 Å². The van der Waals surface area contributed by atoms with E-state index in [0.717, 1.165) is 0 Å². The number of halogens is 1. The smallest absolute Gasteiger partial charge is 0.344 e. The molecule has 0 unspecified atom stereocenters. The number of methoxy groups -OCH3 is 1. The first-order chi connectivity index (χ1) is 11.8. The number of benzene rings is 1. The Kier molecular flexibility index (Phi) is 8.38. The second-order valence-electron chi connectivity index (χ2n) is 5.68. The first-order valence-electron chi connectivity index (χ1n) is 7.73. The van der Waals surface area contributed by atoms with Gasteiger partial charge in [0.1, 0.15) is 17.6 Å². The SMILES string of the molecule is COC(=O)[C@H](CC(C)C)NC(=O)COC(=O)COc1ccc(F)cc1. The molecule has 1 N–H and O–H groups in total. The van der Waals surface area contributed by atoms with E-state index in [9.17, 15) is 18.8 Å². The van der Waals surface area contributed by atoms with Crippen molar-refractivity contribution in [3.8, 4) is 5.75 Å². The number of carbonyl (C=O) groups excluding carboxylic acids is 3. The highest BCUT2D eigenvalue weighted by Crippen LogP contribution is 2.11. The third-order valence-corrected chi connectivity index (χ3v) is 3.06.